The van der Waals surface area contributed by atoms with Gasteiger partial charge in [-0.1, -0.05) is 66.7 Å². The number of hydrogen-bond acceptors (Lipinski definition) is 7. The lowest BCUT2D eigenvalue weighted by molar-refractivity contribution is 1.02. The van der Waals surface area contributed by atoms with Crippen LogP contribution in [0.4, 0.5) is 5.95 Å². The Morgan fingerprint density at radius 1 is 0.727 bits per heavy atom. The van der Waals surface area contributed by atoms with Gasteiger partial charge in [-0.2, -0.15) is 0 Å². The Morgan fingerprint density at radius 3 is 2.12 bits per heavy atom. The normalized spacial score (nSPS) is 11.3. The second kappa shape index (κ2) is 8.03. The van der Waals surface area contributed by atoms with E-state index in [0.29, 0.717) is 5.95 Å². The first-order valence-corrected chi connectivity index (χ1v) is 12.2. The van der Waals surface area contributed by atoms with Crippen molar-refractivity contribution in [3.05, 3.63) is 78.2 Å². The minimum Gasteiger partial charge on any atom is -0.347 e. The summed E-state index contributed by atoms with van der Waals surface area (Å²) in [5.41, 5.74) is 5.91. The number of nitrogens with zero attached hydrogens (tertiary/aromatic N) is 5. The molecular formula is C26H19N5S2. The molecule has 2 aromatic carbocycles. The molecule has 4 aromatic heterocycles. The number of aromatic nitrogens is 4. The molecule has 0 saturated heterocycles. The molecule has 0 aliphatic heterocycles. The number of benzene rings is 2. The molecule has 0 bridgehead atoms. The molecule has 0 spiro atoms. The summed E-state index contributed by atoms with van der Waals surface area (Å²) in [6, 6.07) is 24.8. The van der Waals surface area contributed by atoms with Crippen molar-refractivity contribution in [2.75, 3.05) is 19.0 Å². The van der Waals surface area contributed by atoms with Crippen LogP contribution in [0.3, 0.4) is 0 Å². The smallest absolute Gasteiger partial charge is 0.226 e. The highest BCUT2D eigenvalue weighted by molar-refractivity contribution is 7.26. The zero-order valence-corrected chi connectivity index (χ0v) is 19.7. The third-order valence-corrected chi connectivity index (χ3v) is 7.44. The summed E-state index contributed by atoms with van der Waals surface area (Å²) in [5.74, 6) is 0.683. The Labute approximate surface area is 199 Å². The van der Waals surface area contributed by atoms with Gasteiger partial charge in [-0.05, 0) is 17.0 Å². The minimum atomic E-state index is 0.683. The van der Waals surface area contributed by atoms with Crippen LogP contribution in [0.2, 0.25) is 0 Å². The van der Waals surface area contributed by atoms with Gasteiger partial charge in [0.05, 0.1) is 15.1 Å². The maximum absolute atomic E-state index is 5.02. The van der Waals surface area contributed by atoms with E-state index in [-0.39, 0.29) is 0 Å². The Hall–Kier alpha value is -3.68. The second-order valence-corrected chi connectivity index (χ2v) is 9.81. The van der Waals surface area contributed by atoms with Gasteiger partial charge in [0, 0.05) is 30.6 Å². The van der Waals surface area contributed by atoms with E-state index in [1.807, 2.05) is 43.3 Å². The Bertz CT molecular complexity index is 1570. The molecule has 0 radical (unpaired) electrons. The van der Waals surface area contributed by atoms with Crippen LogP contribution >= 0.6 is 22.7 Å². The summed E-state index contributed by atoms with van der Waals surface area (Å²) < 4.78 is 1.04. The van der Waals surface area contributed by atoms with E-state index in [4.69, 9.17) is 15.1 Å². The summed E-state index contributed by atoms with van der Waals surface area (Å²) in [6.07, 6.45) is 0. The first-order chi connectivity index (χ1) is 16.2. The van der Waals surface area contributed by atoms with Crippen molar-refractivity contribution < 1.29 is 0 Å². The molecule has 0 atom stereocenters. The van der Waals surface area contributed by atoms with Gasteiger partial charge >= 0.3 is 0 Å². The van der Waals surface area contributed by atoms with Gasteiger partial charge in [0.15, 0.2) is 0 Å². The zero-order valence-electron chi connectivity index (χ0n) is 18.1. The van der Waals surface area contributed by atoms with Crippen LogP contribution in [0.5, 0.6) is 0 Å². The topological polar surface area (TPSA) is 54.8 Å². The molecule has 0 unspecified atom stereocenters. The number of hydrogen-bond donors (Lipinski definition) is 0. The molecular weight excluding hydrogens is 446 g/mol. The van der Waals surface area contributed by atoms with Crippen LogP contribution in [0.1, 0.15) is 0 Å². The summed E-state index contributed by atoms with van der Waals surface area (Å²) in [7, 11) is 3.95. The number of fused-ring (bicyclic) bond motifs is 3. The van der Waals surface area contributed by atoms with E-state index in [0.717, 1.165) is 53.4 Å². The standard InChI is InChI=1S/C26H19N5S2/c1-31(2)26-27-22(18-14-9-15-32-18)24-23(28-26)20-19(16-10-5-3-6-11-16)21(29-30-25(20)33-24)17-12-7-4-8-13-17/h3-15H,1-2H3. The molecule has 0 saturated carbocycles. The summed E-state index contributed by atoms with van der Waals surface area (Å²) in [5, 5.41) is 12.5. The third kappa shape index (κ3) is 3.37. The van der Waals surface area contributed by atoms with Gasteiger partial charge in [0.25, 0.3) is 0 Å². The molecule has 0 aliphatic carbocycles. The van der Waals surface area contributed by atoms with Crippen molar-refractivity contribution in [3.8, 4) is 33.0 Å². The predicted octanol–water partition coefficient (Wildman–Crippen LogP) is 6.76. The highest BCUT2D eigenvalue weighted by Gasteiger charge is 2.23. The maximum atomic E-state index is 5.02. The molecule has 0 fully saturated rings. The van der Waals surface area contributed by atoms with Crippen LogP contribution in [0, 0.1) is 0 Å². The van der Waals surface area contributed by atoms with Gasteiger partial charge in [0.1, 0.15) is 16.2 Å². The average molecular weight is 466 g/mol. The molecule has 5 nitrogen and oxygen atoms in total. The zero-order chi connectivity index (χ0) is 22.4. The molecule has 6 rings (SSSR count). The van der Waals surface area contributed by atoms with E-state index >= 15 is 0 Å². The predicted molar refractivity (Wildman–Crippen MR) is 139 cm³/mol. The summed E-state index contributed by atoms with van der Waals surface area (Å²) >= 11 is 3.29. The lowest BCUT2D eigenvalue weighted by Gasteiger charge is -2.13. The quantitative estimate of drug-likeness (QED) is 0.288. The summed E-state index contributed by atoms with van der Waals surface area (Å²) in [4.78, 5) is 13.9. The van der Waals surface area contributed by atoms with E-state index in [1.54, 1.807) is 22.7 Å². The van der Waals surface area contributed by atoms with Gasteiger partial charge in [-0.15, -0.1) is 32.9 Å². The van der Waals surface area contributed by atoms with Crippen LogP contribution in [-0.4, -0.2) is 34.3 Å². The Morgan fingerprint density at radius 2 is 1.45 bits per heavy atom. The number of anilines is 1. The maximum Gasteiger partial charge on any atom is 0.226 e. The monoisotopic (exact) mass is 465 g/mol. The van der Waals surface area contributed by atoms with Crippen LogP contribution in [-0.2, 0) is 0 Å². The molecule has 6 aromatic rings. The van der Waals surface area contributed by atoms with Crippen molar-refractivity contribution in [1.82, 2.24) is 20.2 Å². The first-order valence-electron chi connectivity index (χ1n) is 10.5. The lowest BCUT2D eigenvalue weighted by Crippen LogP contribution is -2.13. The molecule has 0 N–H and O–H groups in total. The SMILES string of the molecule is CN(C)c1nc(-c2cccs2)c2sc3nnc(-c4ccccc4)c(-c4ccccc4)c3c2n1. The minimum absolute atomic E-state index is 0.683. The van der Waals surface area contributed by atoms with Crippen molar-refractivity contribution in [2.24, 2.45) is 0 Å². The number of rotatable bonds is 4. The van der Waals surface area contributed by atoms with E-state index in [9.17, 15) is 0 Å². The second-order valence-electron chi connectivity index (χ2n) is 7.86. The van der Waals surface area contributed by atoms with E-state index in [1.165, 1.54) is 0 Å². The highest BCUT2D eigenvalue weighted by atomic mass is 32.1. The summed E-state index contributed by atoms with van der Waals surface area (Å²) in [6.45, 7) is 0. The molecule has 4 heterocycles. The van der Waals surface area contributed by atoms with Crippen molar-refractivity contribution >= 4 is 49.1 Å². The van der Waals surface area contributed by atoms with Crippen LogP contribution in [0.15, 0.2) is 78.2 Å². The Kier molecular flexibility index (Phi) is 4.86. The fourth-order valence-corrected chi connectivity index (χ4v) is 5.83. The number of thiophene rings is 2. The fourth-order valence-electron chi connectivity index (χ4n) is 3.98. The van der Waals surface area contributed by atoms with E-state index < -0.39 is 0 Å². The third-order valence-electron chi connectivity index (χ3n) is 5.50. The first kappa shape index (κ1) is 20.0. The molecule has 33 heavy (non-hydrogen) atoms. The molecule has 160 valence electrons. The Balaban J connectivity index is 1.79. The van der Waals surface area contributed by atoms with Gasteiger partial charge in [0.2, 0.25) is 5.95 Å². The molecule has 0 amide bonds. The molecule has 0 aliphatic rings. The molecule has 7 heteroatoms. The highest BCUT2D eigenvalue weighted by Crippen LogP contribution is 2.45. The van der Waals surface area contributed by atoms with Crippen LogP contribution in [0.25, 0.3) is 53.4 Å². The van der Waals surface area contributed by atoms with Crippen molar-refractivity contribution in [2.45, 2.75) is 0 Å². The van der Waals surface area contributed by atoms with Crippen molar-refractivity contribution in [3.63, 3.8) is 0 Å². The van der Waals surface area contributed by atoms with E-state index in [2.05, 4.69) is 59.0 Å². The van der Waals surface area contributed by atoms with Crippen molar-refractivity contribution in [1.29, 1.82) is 0 Å². The van der Waals surface area contributed by atoms with Gasteiger partial charge in [-0.25, -0.2) is 9.97 Å². The van der Waals surface area contributed by atoms with Crippen LogP contribution < -0.4 is 4.90 Å². The van der Waals surface area contributed by atoms with Gasteiger partial charge < -0.3 is 4.90 Å². The average Bonchev–Trinajstić information content (AvgIpc) is 3.52. The lowest BCUT2D eigenvalue weighted by atomic mass is 9.97. The van der Waals surface area contributed by atoms with Gasteiger partial charge in [-0.3, -0.25) is 0 Å². The largest absolute Gasteiger partial charge is 0.347 e. The fraction of sp³-hybridized carbons (Fsp3) is 0.0769.